The van der Waals surface area contributed by atoms with Crippen LogP contribution in [0, 0.1) is 0 Å². The van der Waals surface area contributed by atoms with Crippen molar-refractivity contribution in [2.75, 3.05) is 5.73 Å². The first-order valence-electron chi connectivity index (χ1n) is 5.71. The van der Waals surface area contributed by atoms with Crippen molar-refractivity contribution in [1.29, 1.82) is 0 Å². The zero-order valence-electron chi connectivity index (χ0n) is 10.5. The summed E-state index contributed by atoms with van der Waals surface area (Å²) < 4.78 is 0. The summed E-state index contributed by atoms with van der Waals surface area (Å²) in [5, 5.41) is 3.81. The minimum Gasteiger partial charge on any atom is -0.375 e. The third kappa shape index (κ3) is 2.50. The SMILES string of the molecule is CC(C)c1nc(C(C)C)c(-c2csc(N)n2)s1. The molecule has 2 aromatic rings. The maximum absolute atomic E-state index is 5.70. The second-order valence-corrected chi connectivity index (χ2v) is 6.57. The van der Waals surface area contributed by atoms with Crippen molar-refractivity contribution in [3.8, 4) is 10.6 Å². The van der Waals surface area contributed by atoms with E-state index < -0.39 is 0 Å². The van der Waals surface area contributed by atoms with Crippen molar-refractivity contribution in [2.45, 2.75) is 39.5 Å². The van der Waals surface area contributed by atoms with Crippen LogP contribution < -0.4 is 5.73 Å². The van der Waals surface area contributed by atoms with Crippen LogP contribution in [0.25, 0.3) is 10.6 Å². The lowest BCUT2D eigenvalue weighted by Gasteiger charge is -2.02. The Bertz CT molecular complexity index is 512. The molecule has 5 heteroatoms. The Morgan fingerprint density at radius 1 is 1.12 bits per heavy atom. The van der Waals surface area contributed by atoms with Gasteiger partial charge in [-0.25, -0.2) is 9.97 Å². The zero-order chi connectivity index (χ0) is 12.6. The largest absolute Gasteiger partial charge is 0.375 e. The van der Waals surface area contributed by atoms with Crippen LogP contribution in [-0.2, 0) is 0 Å². The van der Waals surface area contributed by atoms with Gasteiger partial charge in [-0.15, -0.1) is 22.7 Å². The molecule has 3 nitrogen and oxygen atoms in total. The Hall–Kier alpha value is -0.940. The Kier molecular flexibility index (Phi) is 3.49. The standard InChI is InChI=1S/C12H17N3S2/c1-6(2)9-10(8-5-16-12(13)14-8)17-11(15-9)7(3)4/h5-7H,1-4H3,(H2,13,14). The highest BCUT2D eigenvalue weighted by molar-refractivity contribution is 7.16. The molecule has 0 radical (unpaired) electrons. The number of thiazole rings is 2. The molecule has 2 rings (SSSR count). The molecule has 0 spiro atoms. The van der Waals surface area contributed by atoms with E-state index in [1.807, 2.05) is 5.38 Å². The molecule has 2 heterocycles. The van der Waals surface area contributed by atoms with Crippen LogP contribution in [0.3, 0.4) is 0 Å². The molecular formula is C12H17N3S2. The summed E-state index contributed by atoms with van der Waals surface area (Å²) in [6.07, 6.45) is 0. The number of anilines is 1. The summed E-state index contributed by atoms with van der Waals surface area (Å²) in [5.74, 6) is 0.874. The number of nitrogen functional groups attached to an aromatic ring is 1. The Balaban J connectivity index is 2.51. The smallest absolute Gasteiger partial charge is 0.180 e. The number of aromatic nitrogens is 2. The predicted molar refractivity (Wildman–Crippen MR) is 75.8 cm³/mol. The van der Waals surface area contributed by atoms with Crippen LogP contribution in [0.4, 0.5) is 5.13 Å². The van der Waals surface area contributed by atoms with Crippen molar-refractivity contribution >= 4 is 27.8 Å². The van der Waals surface area contributed by atoms with Gasteiger partial charge in [0.05, 0.1) is 21.3 Å². The lowest BCUT2D eigenvalue weighted by molar-refractivity contribution is 0.793. The second-order valence-electron chi connectivity index (χ2n) is 4.65. The lowest BCUT2D eigenvalue weighted by Crippen LogP contribution is -1.92. The van der Waals surface area contributed by atoms with Gasteiger partial charge in [0.1, 0.15) is 0 Å². The van der Waals surface area contributed by atoms with E-state index in [4.69, 9.17) is 10.7 Å². The van der Waals surface area contributed by atoms with Gasteiger partial charge < -0.3 is 5.73 Å². The van der Waals surface area contributed by atoms with Crippen molar-refractivity contribution in [1.82, 2.24) is 9.97 Å². The minimum absolute atomic E-state index is 0.414. The van der Waals surface area contributed by atoms with Crippen LogP contribution >= 0.6 is 22.7 Å². The molecule has 0 saturated carbocycles. The fourth-order valence-electron chi connectivity index (χ4n) is 1.56. The molecule has 0 saturated heterocycles. The molecule has 0 atom stereocenters. The van der Waals surface area contributed by atoms with E-state index in [-0.39, 0.29) is 0 Å². The van der Waals surface area contributed by atoms with E-state index in [0.29, 0.717) is 17.0 Å². The fraction of sp³-hybridized carbons (Fsp3) is 0.500. The van der Waals surface area contributed by atoms with E-state index in [1.54, 1.807) is 11.3 Å². The highest BCUT2D eigenvalue weighted by Gasteiger charge is 2.18. The van der Waals surface area contributed by atoms with Crippen LogP contribution in [-0.4, -0.2) is 9.97 Å². The van der Waals surface area contributed by atoms with Gasteiger partial charge in [0.15, 0.2) is 5.13 Å². The highest BCUT2D eigenvalue weighted by atomic mass is 32.1. The third-order valence-electron chi connectivity index (χ3n) is 2.47. The number of hydrogen-bond donors (Lipinski definition) is 1. The average molecular weight is 267 g/mol. The third-order valence-corrected chi connectivity index (χ3v) is 4.53. The normalized spacial score (nSPS) is 11.6. The molecule has 0 bridgehead atoms. The number of nitrogens with zero attached hydrogens (tertiary/aromatic N) is 2. The van der Waals surface area contributed by atoms with Crippen LogP contribution in [0.5, 0.6) is 0 Å². The van der Waals surface area contributed by atoms with Gasteiger partial charge in [-0.3, -0.25) is 0 Å². The van der Waals surface area contributed by atoms with Gasteiger partial charge in [0.25, 0.3) is 0 Å². The van der Waals surface area contributed by atoms with Crippen molar-refractivity contribution in [3.63, 3.8) is 0 Å². The molecule has 17 heavy (non-hydrogen) atoms. The maximum atomic E-state index is 5.70. The van der Waals surface area contributed by atoms with Gasteiger partial charge in [0.2, 0.25) is 0 Å². The molecule has 0 unspecified atom stereocenters. The number of nitrogens with two attached hydrogens (primary N) is 1. The van der Waals surface area contributed by atoms with Gasteiger partial charge in [-0.1, -0.05) is 27.7 Å². The number of rotatable bonds is 3. The highest BCUT2D eigenvalue weighted by Crippen LogP contribution is 2.37. The maximum Gasteiger partial charge on any atom is 0.180 e. The lowest BCUT2D eigenvalue weighted by atomic mass is 10.1. The summed E-state index contributed by atoms with van der Waals surface area (Å²) in [7, 11) is 0. The molecule has 0 aliphatic carbocycles. The Morgan fingerprint density at radius 2 is 1.82 bits per heavy atom. The van der Waals surface area contributed by atoms with Crippen LogP contribution in [0.15, 0.2) is 5.38 Å². The van der Waals surface area contributed by atoms with Gasteiger partial charge in [-0.05, 0) is 5.92 Å². The molecule has 0 aromatic carbocycles. The van der Waals surface area contributed by atoms with Crippen LogP contribution in [0.1, 0.15) is 50.2 Å². The van der Waals surface area contributed by atoms with Crippen molar-refractivity contribution in [2.24, 2.45) is 0 Å². The predicted octanol–water partition coefficient (Wildman–Crippen LogP) is 4.10. The molecule has 2 N–H and O–H groups in total. The summed E-state index contributed by atoms with van der Waals surface area (Å²) in [6.45, 7) is 8.67. The first kappa shape index (κ1) is 12.5. The molecular weight excluding hydrogens is 250 g/mol. The van der Waals surface area contributed by atoms with Crippen molar-refractivity contribution in [3.05, 3.63) is 16.1 Å². The molecule has 0 amide bonds. The first-order chi connectivity index (χ1) is 7.99. The fourth-order valence-corrected chi connectivity index (χ4v) is 3.38. The second kappa shape index (κ2) is 4.74. The average Bonchev–Trinajstić information content (AvgIpc) is 2.82. The summed E-state index contributed by atoms with van der Waals surface area (Å²) in [6, 6.07) is 0. The van der Waals surface area contributed by atoms with Gasteiger partial charge >= 0.3 is 0 Å². The monoisotopic (exact) mass is 267 g/mol. The molecule has 2 aromatic heterocycles. The molecule has 0 aliphatic rings. The molecule has 92 valence electrons. The molecule has 0 fully saturated rings. The van der Waals surface area contributed by atoms with E-state index in [1.165, 1.54) is 21.2 Å². The topological polar surface area (TPSA) is 51.8 Å². The molecule has 0 aliphatic heterocycles. The van der Waals surface area contributed by atoms with Crippen molar-refractivity contribution < 1.29 is 0 Å². The van der Waals surface area contributed by atoms with E-state index in [2.05, 4.69) is 32.7 Å². The quantitative estimate of drug-likeness (QED) is 0.911. The Morgan fingerprint density at radius 3 is 2.29 bits per heavy atom. The summed E-state index contributed by atoms with van der Waals surface area (Å²) in [4.78, 5) is 10.3. The first-order valence-corrected chi connectivity index (χ1v) is 7.40. The zero-order valence-corrected chi connectivity index (χ0v) is 12.2. The van der Waals surface area contributed by atoms with E-state index in [9.17, 15) is 0 Å². The Labute approximate surface area is 110 Å². The number of hydrogen-bond acceptors (Lipinski definition) is 5. The van der Waals surface area contributed by atoms with E-state index in [0.717, 1.165) is 11.4 Å². The van der Waals surface area contributed by atoms with Gasteiger partial charge in [-0.2, -0.15) is 0 Å². The van der Waals surface area contributed by atoms with Gasteiger partial charge in [0, 0.05) is 11.3 Å². The van der Waals surface area contributed by atoms with E-state index >= 15 is 0 Å². The summed E-state index contributed by atoms with van der Waals surface area (Å²) >= 11 is 3.22. The van der Waals surface area contributed by atoms with Crippen LogP contribution in [0.2, 0.25) is 0 Å². The minimum atomic E-state index is 0.414. The summed E-state index contributed by atoms with van der Waals surface area (Å²) in [5.41, 5.74) is 7.82.